The van der Waals surface area contributed by atoms with E-state index in [1.54, 1.807) is 0 Å². The molecule has 0 aliphatic carbocycles. The monoisotopic (exact) mass is 360 g/mol. The molecule has 0 amide bonds. The number of benzene rings is 2. The lowest BCUT2D eigenvalue weighted by Gasteiger charge is -2.18. The maximum atomic E-state index is 9.31. The highest BCUT2D eigenvalue weighted by molar-refractivity contribution is 6.37. The minimum absolute atomic E-state index is 0.00151. The molecule has 0 bridgehead atoms. The van der Waals surface area contributed by atoms with Gasteiger partial charge in [-0.3, -0.25) is 0 Å². The quantitative estimate of drug-likeness (QED) is 0.728. The van der Waals surface area contributed by atoms with Crippen LogP contribution < -0.4 is 9.47 Å². The molecular formula is C18H14Cl2N2O2. The zero-order chi connectivity index (χ0) is 18.0. The van der Waals surface area contributed by atoms with Gasteiger partial charge in [0.15, 0.2) is 11.5 Å². The number of nitriles is 2. The van der Waals surface area contributed by atoms with Crippen molar-refractivity contribution >= 4 is 23.2 Å². The number of aryl methyl sites for hydroxylation is 3. The zero-order valence-corrected chi connectivity index (χ0v) is 15.1. The van der Waals surface area contributed by atoms with E-state index in [-0.39, 0.29) is 32.7 Å². The summed E-state index contributed by atoms with van der Waals surface area (Å²) in [5.74, 6) is 0.844. The zero-order valence-electron chi connectivity index (χ0n) is 13.6. The molecule has 122 valence electrons. The van der Waals surface area contributed by atoms with Crippen molar-refractivity contribution in [2.45, 2.75) is 20.8 Å². The number of ether oxygens (including phenoxy) is 2. The minimum Gasteiger partial charge on any atom is -0.491 e. The fourth-order valence-electron chi connectivity index (χ4n) is 2.56. The normalized spacial score (nSPS) is 10.0. The third kappa shape index (κ3) is 2.99. The predicted molar refractivity (Wildman–Crippen MR) is 93.2 cm³/mol. The molecular weight excluding hydrogens is 347 g/mol. The van der Waals surface area contributed by atoms with Crippen molar-refractivity contribution in [2.75, 3.05) is 7.11 Å². The summed E-state index contributed by atoms with van der Waals surface area (Å²) in [6.07, 6.45) is 0. The van der Waals surface area contributed by atoms with E-state index in [0.717, 1.165) is 16.7 Å². The summed E-state index contributed by atoms with van der Waals surface area (Å²) in [7, 11) is 1.40. The largest absolute Gasteiger partial charge is 0.491 e. The topological polar surface area (TPSA) is 66.0 Å². The average Bonchev–Trinajstić information content (AvgIpc) is 2.52. The van der Waals surface area contributed by atoms with Crippen LogP contribution in [-0.4, -0.2) is 7.11 Å². The van der Waals surface area contributed by atoms with Crippen molar-refractivity contribution in [3.05, 3.63) is 50.0 Å². The van der Waals surface area contributed by atoms with Crippen molar-refractivity contribution in [1.29, 1.82) is 10.5 Å². The van der Waals surface area contributed by atoms with E-state index >= 15 is 0 Å². The van der Waals surface area contributed by atoms with E-state index in [9.17, 15) is 10.5 Å². The second-order valence-corrected chi connectivity index (χ2v) is 6.05. The first-order valence-electron chi connectivity index (χ1n) is 7.00. The van der Waals surface area contributed by atoms with E-state index in [0.29, 0.717) is 5.75 Å². The van der Waals surface area contributed by atoms with Crippen LogP contribution in [0.5, 0.6) is 17.2 Å². The van der Waals surface area contributed by atoms with Crippen molar-refractivity contribution < 1.29 is 9.47 Å². The number of hydrogen-bond donors (Lipinski definition) is 0. The molecule has 0 aliphatic heterocycles. The van der Waals surface area contributed by atoms with Crippen LogP contribution in [0.3, 0.4) is 0 Å². The Labute approximate surface area is 150 Å². The Morgan fingerprint density at radius 1 is 0.833 bits per heavy atom. The molecule has 2 aromatic rings. The molecule has 24 heavy (non-hydrogen) atoms. The summed E-state index contributed by atoms with van der Waals surface area (Å²) in [4.78, 5) is 0. The molecule has 0 N–H and O–H groups in total. The van der Waals surface area contributed by atoms with Crippen LogP contribution in [0, 0.1) is 43.4 Å². The molecule has 2 aromatic carbocycles. The standard InChI is InChI=1S/C18H14Cl2N2O2/c1-9-5-10(2)16(11(3)6-9)24-18-15(20)13(8-22)12(7-21)14(19)17(18)23-4/h5-6H,1-4H3. The Balaban J connectivity index is 2.75. The van der Waals surface area contributed by atoms with Crippen LogP contribution in [0.25, 0.3) is 0 Å². The highest BCUT2D eigenvalue weighted by atomic mass is 35.5. The number of rotatable bonds is 3. The van der Waals surface area contributed by atoms with Crippen molar-refractivity contribution in [3.63, 3.8) is 0 Å². The van der Waals surface area contributed by atoms with Crippen LogP contribution >= 0.6 is 23.2 Å². The van der Waals surface area contributed by atoms with Crippen LogP contribution in [0.4, 0.5) is 0 Å². The molecule has 0 radical (unpaired) electrons. The molecule has 0 unspecified atom stereocenters. The lowest BCUT2D eigenvalue weighted by molar-refractivity contribution is 0.377. The molecule has 0 aromatic heterocycles. The fraction of sp³-hybridized carbons (Fsp3) is 0.222. The van der Waals surface area contributed by atoms with E-state index in [1.807, 2.05) is 45.0 Å². The van der Waals surface area contributed by atoms with Crippen LogP contribution in [-0.2, 0) is 0 Å². The molecule has 0 atom stereocenters. The molecule has 0 spiro atoms. The minimum atomic E-state index is -0.0395. The van der Waals surface area contributed by atoms with Gasteiger partial charge in [0.25, 0.3) is 0 Å². The summed E-state index contributed by atoms with van der Waals surface area (Å²) in [5.41, 5.74) is 2.84. The van der Waals surface area contributed by atoms with Gasteiger partial charge < -0.3 is 9.47 Å². The predicted octanol–water partition coefficient (Wildman–Crippen LogP) is 5.46. The summed E-state index contributed by atoms with van der Waals surface area (Å²) in [5, 5.41) is 18.5. The maximum absolute atomic E-state index is 9.31. The summed E-state index contributed by atoms with van der Waals surface area (Å²) >= 11 is 12.5. The van der Waals surface area contributed by atoms with E-state index < -0.39 is 0 Å². The molecule has 0 heterocycles. The van der Waals surface area contributed by atoms with E-state index in [1.165, 1.54) is 7.11 Å². The highest BCUT2D eigenvalue weighted by Gasteiger charge is 2.25. The molecule has 0 saturated heterocycles. The Morgan fingerprint density at radius 2 is 1.29 bits per heavy atom. The highest BCUT2D eigenvalue weighted by Crippen LogP contribution is 2.48. The van der Waals surface area contributed by atoms with Gasteiger partial charge in [0.05, 0.1) is 18.2 Å². The Hall–Kier alpha value is -2.40. The summed E-state index contributed by atoms with van der Waals surface area (Å²) in [6.45, 7) is 5.81. The van der Waals surface area contributed by atoms with Crippen LogP contribution in [0.2, 0.25) is 10.0 Å². The van der Waals surface area contributed by atoms with Gasteiger partial charge in [0, 0.05) is 0 Å². The second kappa shape index (κ2) is 7.01. The van der Waals surface area contributed by atoms with Gasteiger partial charge in [-0.25, -0.2) is 0 Å². The van der Waals surface area contributed by atoms with Gasteiger partial charge >= 0.3 is 0 Å². The van der Waals surface area contributed by atoms with E-state index in [4.69, 9.17) is 32.7 Å². The van der Waals surface area contributed by atoms with Gasteiger partial charge in [-0.2, -0.15) is 10.5 Å². The maximum Gasteiger partial charge on any atom is 0.190 e. The summed E-state index contributed by atoms with van der Waals surface area (Å²) < 4.78 is 11.2. The lowest BCUT2D eigenvalue weighted by Crippen LogP contribution is -2.00. The Morgan fingerprint density at radius 3 is 1.71 bits per heavy atom. The van der Waals surface area contributed by atoms with Gasteiger partial charge in [0.1, 0.15) is 27.9 Å². The number of methoxy groups -OCH3 is 1. The van der Waals surface area contributed by atoms with Gasteiger partial charge in [-0.05, 0) is 31.9 Å². The molecule has 6 heteroatoms. The number of hydrogen-bond acceptors (Lipinski definition) is 4. The average molecular weight is 361 g/mol. The SMILES string of the molecule is COc1c(Cl)c(C#N)c(C#N)c(Cl)c1Oc1c(C)cc(C)cc1C. The Kier molecular flexibility index (Phi) is 5.24. The molecule has 4 nitrogen and oxygen atoms in total. The Bertz CT molecular complexity index is 882. The molecule has 2 rings (SSSR count). The number of halogens is 2. The lowest BCUT2D eigenvalue weighted by atomic mass is 10.1. The third-order valence-electron chi connectivity index (χ3n) is 3.53. The summed E-state index contributed by atoms with van der Waals surface area (Å²) in [6, 6.07) is 7.72. The van der Waals surface area contributed by atoms with Crippen molar-refractivity contribution in [1.82, 2.24) is 0 Å². The first kappa shape index (κ1) is 17.9. The van der Waals surface area contributed by atoms with Gasteiger partial charge in [0.2, 0.25) is 0 Å². The first-order chi connectivity index (χ1) is 11.3. The van der Waals surface area contributed by atoms with Crippen LogP contribution in [0.1, 0.15) is 27.8 Å². The molecule has 0 aliphatic rings. The van der Waals surface area contributed by atoms with Crippen molar-refractivity contribution in [3.8, 4) is 29.4 Å². The van der Waals surface area contributed by atoms with E-state index in [2.05, 4.69) is 0 Å². The molecule has 0 fully saturated rings. The van der Waals surface area contributed by atoms with Crippen molar-refractivity contribution in [2.24, 2.45) is 0 Å². The van der Waals surface area contributed by atoms with Gasteiger partial charge in [-0.15, -0.1) is 0 Å². The fourth-order valence-corrected chi connectivity index (χ4v) is 3.12. The smallest absolute Gasteiger partial charge is 0.190 e. The third-order valence-corrected chi connectivity index (χ3v) is 4.25. The van der Waals surface area contributed by atoms with Gasteiger partial charge in [-0.1, -0.05) is 40.9 Å². The molecule has 0 saturated carbocycles. The number of nitrogens with zero attached hydrogens (tertiary/aromatic N) is 2. The second-order valence-electron chi connectivity index (χ2n) is 5.29. The first-order valence-corrected chi connectivity index (χ1v) is 7.76. The van der Waals surface area contributed by atoms with Crippen LogP contribution in [0.15, 0.2) is 12.1 Å².